The summed E-state index contributed by atoms with van der Waals surface area (Å²) >= 11 is 0. The Bertz CT molecular complexity index is 1790. The number of aliphatic hydroxyl groups is 1. The minimum absolute atomic E-state index is 0.107. The van der Waals surface area contributed by atoms with Crippen molar-refractivity contribution >= 4 is 39.5 Å². The number of hydrogen-bond acceptors (Lipinski definition) is 15. The largest absolute Gasteiger partial charge is 0.472 e. The number of hydrogen-bond donors (Lipinski definition) is 3. The van der Waals surface area contributed by atoms with Crippen LogP contribution in [0.2, 0.25) is 0 Å². The standard InChI is InChI=1S/C73H142O17P2/c1-7-10-12-14-16-18-27-31-39-45-51-57-72(77)89-68(61-83-70(75)55-49-43-37-17-15-13-11-8-2)63-87-91(79,80)85-59-67(74)60-86-92(81,82)88-64-69(62-84-71(76)56-50-44-38-34-33-36-42-48-54-66(6)9-3)90-73(78)58-52-46-40-32-29-26-24-22-20-19-21-23-25-28-30-35-41-47-53-65(4)5/h65-69,74H,7-64H2,1-6H3,(H,79,80)(H,81,82)/t66?,67-,68+,69+/m0/s1. The number of rotatable bonds is 72. The van der Waals surface area contributed by atoms with Crippen LogP contribution in [0.25, 0.3) is 0 Å². The summed E-state index contributed by atoms with van der Waals surface area (Å²) in [5.74, 6) is -0.525. The Labute approximate surface area is 562 Å². The number of phosphoric acid groups is 2. The van der Waals surface area contributed by atoms with Gasteiger partial charge in [-0.05, 0) is 37.5 Å². The molecule has 92 heavy (non-hydrogen) atoms. The summed E-state index contributed by atoms with van der Waals surface area (Å²) in [5.41, 5.74) is 0. The van der Waals surface area contributed by atoms with Crippen molar-refractivity contribution in [3.63, 3.8) is 0 Å². The first-order valence-electron chi connectivity index (χ1n) is 38.0. The Morgan fingerprint density at radius 2 is 0.554 bits per heavy atom. The smallest absolute Gasteiger partial charge is 0.462 e. The molecule has 0 saturated carbocycles. The molecular weight excluding hydrogens is 1210 g/mol. The SMILES string of the molecule is CCCCCCCCCCCCCC(=O)O[C@H](COC(=O)CCCCCCCCCC)COP(=O)(O)OC[C@H](O)COP(=O)(O)OC[C@@H](COC(=O)CCCCCCCCCCC(C)CC)OC(=O)CCCCCCCCCCCCCCCCCCCCC(C)C. The van der Waals surface area contributed by atoms with E-state index in [0.717, 1.165) is 108 Å². The fourth-order valence-corrected chi connectivity index (χ4v) is 12.7. The monoisotopic (exact) mass is 1350 g/mol. The van der Waals surface area contributed by atoms with Crippen LogP contribution >= 0.6 is 15.6 Å². The van der Waals surface area contributed by atoms with Crippen LogP contribution in [0.15, 0.2) is 0 Å². The third-order valence-corrected chi connectivity index (χ3v) is 19.2. The molecule has 0 radical (unpaired) electrons. The minimum atomic E-state index is -4.95. The van der Waals surface area contributed by atoms with Gasteiger partial charge in [0.05, 0.1) is 26.4 Å². The third-order valence-electron chi connectivity index (χ3n) is 17.3. The summed E-state index contributed by atoms with van der Waals surface area (Å²) in [6.07, 6.45) is 51.4. The zero-order valence-corrected chi connectivity index (χ0v) is 61.6. The molecule has 546 valence electrons. The molecule has 0 aromatic rings. The van der Waals surface area contributed by atoms with Crippen molar-refractivity contribution in [3.8, 4) is 0 Å². The molecule has 0 heterocycles. The summed E-state index contributed by atoms with van der Waals surface area (Å²) in [5, 5.41) is 10.6. The highest BCUT2D eigenvalue weighted by Crippen LogP contribution is 2.45. The molecule has 0 bridgehead atoms. The van der Waals surface area contributed by atoms with Gasteiger partial charge < -0.3 is 33.8 Å². The van der Waals surface area contributed by atoms with Gasteiger partial charge in [0.15, 0.2) is 12.2 Å². The highest BCUT2D eigenvalue weighted by Gasteiger charge is 2.30. The van der Waals surface area contributed by atoms with E-state index in [2.05, 4.69) is 41.5 Å². The van der Waals surface area contributed by atoms with E-state index in [0.29, 0.717) is 25.7 Å². The van der Waals surface area contributed by atoms with Crippen LogP contribution in [-0.4, -0.2) is 96.7 Å². The first kappa shape index (κ1) is 90.1. The molecule has 3 N–H and O–H groups in total. The maximum absolute atomic E-state index is 13.0. The predicted molar refractivity (Wildman–Crippen MR) is 372 cm³/mol. The average Bonchev–Trinajstić information content (AvgIpc) is 3.08. The lowest BCUT2D eigenvalue weighted by molar-refractivity contribution is -0.161. The van der Waals surface area contributed by atoms with Crippen LogP contribution in [0.4, 0.5) is 0 Å². The highest BCUT2D eigenvalue weighted by atomic mass is 31.2. The molecular formula is C73H142O17P2. The van der Waals surface area contributed by atoms with E-state index in [1.165, 1.54) is 186 Å². The van der Waals surface area contributed by atoms with Crippen LogP contribution in [0.5, 0.6) is 0 Å². The van der Waals surface area contributed by atoms with Crippen LogP contribution < -0.4 is 0 Å². The quantitative estimate of drug-likeness (QED) is 0.0222. The summed E-state index contributed by atoms with van der Waals surface area (Å²) in [6, 6.07) is 0. The molecule has 19 heteroatoms. The molecule has 0 amide bonds. The Morgan fingerprint density at radius 3 is 0.826 bits per heavy atom. The highest BCUT2D eigenvalue weighted by molar-refractivity contribution is 7.47. The molecule has 0 rings (SSSR count). The number of ether oxygens (including phenoxy) is 4. The van der Waals surface area contributed by atoms with Crippen LogP contribution in [0.3, 0.4) is 0 Å². The van der Waals surface area contributed by atoms with Crippen molar-refractivity contribution < 1.29 is 80.2 Å². The van der Waals surface area contributed by atoms with Gasteiger partial charge in [-0.25, -0.2) is 9.13 Å². The van der Waals surface area contributed by atoms with Crippen molar-refractivity contribution in [2.45, 2.75) is 394 Å². The van der Waals surface area contributed by atoms with E-state index >= 15 is 0 Å². The van der Waals surface area contributed by atoms with E-state index in [-0.39, 0.29) is 25.7 Å². The molecule has 3 unspecified atom stereocenters. The van der Waals surface area contributed by atoms with Gasteiger partial charge in [0.2, 0.25) is 0 Å². The Morgan fingerprint density at radius 1 is 0.315 bits per heavy atom. The van der Waals surface area contributed by atoms with Crippen LogP contribution in [0, 0.1) is 11.8 Å². The van der Waals surface area contributed by atoms with E-state index < -0.39 is 97.5 Å². The molecule has 0 aliphatic carbocycles. The van der Waals surface area contributed by atoms with Crippen molar-refractivity contribution in [1.82, 2.24) is 0 Å². The molecule has 6 atom stereocenters. The van der Waals surface area contributed by atoms with Gasteiger partial charge in [0, 0.05) is 25.7 Å². The zero-order chi connectivity index (χ0) is 67.9. The third kappa shape index (κ3) is 65.4. The summed E-state index contributed by atoms with van der Waals surface area (Å²) in [6.45, 7) is 9.58. The van der Waals surface area contributed by atoms with Gasteiger partial charge in [0.25, 0.3) is 0 Å². The van der Waals surface area contributed by atoms with E-state index in [9.17, 15) is 43.2 Å². The average molecular weight is 1350 g/mol. The number of aliphatic hydroxyl groups excluding tert-OH is 1. The molecule has 0 saturated heterocycles. The zero-order valence-electron chi connectivity index (χ0n) is 59.9. The Kier molecular flexibility index (Phi) is 63.7. The lowest BCUT2D eigenvalue weighted by atomic mass is 9.99. The molecule has 0 fully saturated rings. The lowest BCUT2D eigenvalue weighted by Crippen LogP contribution is -2.30. The van der Waals surface area contributed by atoms with Crippen molar-refractivity contribution in [2.75, 3.05) is 39.6 Å². The molecule has 0 aromatic carbocycles. The van der Waals surface area contributed by atoms with E-state index in [1.807, 2.05) is 0 Å². The van der Waals surface area contributed by atoms with Crippen molar-refractivity contribution in [2.24, 2.45) is 11.8 Å². The van der Waals surface area contributed by atoms with Crippen molar-refractivity contribution in [3.05, 3.63) is 0 Å². The van der Waals surface area contributed by atoms with Crippen LogP contribution in [0.1, 0.15) is 375 Å². The first-order valence-corrected chi connectivity index (χ1v) is 41.0. The number of carbonyl (C=O) groups excluding carboxylic acids is 4. The molecule has 0 aliphatic heterocycles. The van der Waals surface area contributed by atoms with E-state index in [4.69, 9.17) is 37.0 Å². The molecule has 0 spiro atoms. The van der Waals surface area contributed by atoms with Gasteiger partial charge in [-0.15, -0.1) is 0 Å². The predicted octanol–water partition coefficient (Wildman–Crippen LogP) is 21.2. The number of unbranched alkanes of at least 4 members (excludes halogenated alkanes) is 41. The number of phosphoric ester groups is 2. The van der Waals surface area contributed by atoms with Crippen LogP contribution in [-0.2, 0) is 65.4 Å². The van der Waals surface area contributed by atoms with Gasteiger partial charge in [-0.1, -0.05) is 324 Å². The number of esters is 4. The second-order valence-corrected chi connectivity index (χ2v) is 30.0. The van der Waals surface area contributed by atoms with Crippen molar-refractivity contribution in [1.29, 1.82) is 0 Å². The van der Waals surface area contributed by atoms with Gasteiger partial charge in [-0.3, -0.25) is 37.3 Å². The lowest BCUT2D eigenvalue weighted by Gasteiger charge is -2.21. The second kappa shape index (κ2) is 65.0. The maximum atomic E-state index is 13.0. The summed E-state index contributed by atoms with van der Waals surface area (Å²) in [7, 11) is -9.90. The fourth-order valence-electron chi connectivity index (χ4n) is 11.1. The fraction of sp³-hybridized carbons (Fsp3) is 0.945. The summed E-state index contributed by atoms with van der Waals surface area (Å²) in [4.78, 5) is 72.5. The molecule has 0 aliphatic rings. The molecule has 17 nitrogen and oxygen atoms in total. The summed E-state index contributed by atoms with van der Waals surface area (Å²) < 4.78 is 68.3. The van der Waals surface area contributed by atoms with Gasteiger partial charge in [-0.2, -0.15) is 0 Å². The van der Waals surface area contributed by atoms with E-state index in [1.54, 1.807) is 0 Å². The normalized spacial score (nSPS) is 14.4. The number of carbonyl (C=O) groups is 4. The second-order valence-electron chi connectivity index (χ2n) is 27.1. The topological polar surface area (TPSA) is 237 Å². The van der Waals surface area contributed by atoms with Gasteiger partial charge in [0.1, 0.15) is 19.3 Å². The Hall–Kier alpha value is -1.94. The molecule has 0 aromatic heterocycles. The first-order chi connectivity index (χ1) is 44.4. The van der Waals surface area contributed by atoms with Gasteiger partial charge >= 0.3 is 39.5 Å². The maximum Gasteiger partial charge on any atom is 0.472 e. The Balaban J connectivity index is 5.16. The minimum Gasteiger partial charge on any atom is -0.462 e.